The maximum absolute atomic E-state index is 12.7. The molecule has 0 spiro atoms. The Morgan fingerprint density at radius 2 is 2.32 bits per heavy atom. The summed E-state index contributed by atoms with van der Waals surface area (Å²) in [6.07, 6.45) is 5.59. The van der Waals surface area contributed by atoms with Crippen LogP contribution in [0.15, 0.2) is 16.8 Å². The van der Waals surface area contributed by atoms with Crippen molar-refractivity contribution in [2.24, 2.45) is 7.05 Å². The van der Waals surface area contributed by atoms with E-state index in [1.54, 1.807) is 17.8 Å². The van der Waals surface area contributed by atoms with Crippen molar-refractivity contribution in [3.05, 3.63) is 23.8 Å². The van der Waals surface area contributed by atoms with Crippen molar-refractivity contribution < 1.29 is 9.21 Å². The summed E-state index contributed by atoms with van der Waals surface area (Å²) in [6, 6.07) is 0.350. The minimum Gasteiger partial charge on any atom is -0.440 e. The van der Waals surface area contributed by atoms with Crippen molar-refractivity contribution in [2.75, 3.05) is 20.1 Å². The lowest BCUT2D eigenvalue weighted by Gasteiger charge is -2.32. The van der Waals surface area contributed by atoms with Crippen molar-refractivity contribution in [1.29, 1.82) is 0 Å². The van der Waals surface area contributed by atoms with Gasteiger partial charge in [0.15, 0.2) is 5.69 Å². The molecule has 2 aromatic rings. The fourth-order valence-corrected chi connectivity index (χ4v) is 2.80. The van der Waals surface area contributed by atoms with Gasteiger partial charge in [-0.25, -0.2) is 4.98 Å². The van der Waals surface area contributed by atoms with E-state index in [9.17, 15) is 4.79 Å². The second-order valence-electron chi connectivity index (χ2n) is 5.71. The molecule has 1 fully saturated rings. The zero-order valence-electron chi connectivity index (χ0n) is 13.2. The van der Waals surface area contributed by atoms with Gasteiger partial charge in [0, 0.05) is 32.4 Å². The van der Waals surface area contributed by atoms with Crippen molar-refractivity contribution in [3.63, 3.8) is 0 Å². The van der Waals surface area contributed by atoms with E-state index in [1.165, 1.54) is 0 Å². The van der Waals surface area contributed by atoms with Crippen LogP contribution in [-0.4, -0.2) is 51.8 Å². The number of nitrogens with one attached hydrogen (secondary N) is 1. The quantitative estimate of drug-likeness (QED) is 0.922. The third kappa shape index (κ3) is 2.76. The smallest absolute Gasteiger partial charge is 0.276 e. The van der Waals surface area contributed by atoms with E-state index in [0.717, 1.165) is 24.9 Å². The van der Waals surface area contributed by atoms with Gasteiger partial charge in [-0.05, 0) is 26.8 Å². The number of carbonyl (C=O) groups excluding carboxylic acids is 1. The Hall–Kier alpha value is -2.15. The molecule has 1 amide bonds. The number of hydrogen-bond acceptors (Lipinski definition) is 5. The Bertz CT molecular complexity index is 675. The van der Waals surface area contributed by atoms with Crippen LogP contribution >= 0.6 is 0 Å². The van der Waals surface area contributed by atoms with Crippen LogP contribution in [0.5, 0.6) is 0 Å². The predicted molar refractivity (Wildman–Crippen MR) is 81.4 cm³/mol. The number of nitrogens with zero attached hydrogens (tertiary/aromatic N) is 4. The lowest BCUT2D eigenvalue weighted by atomic mass is 10.1. The van der Waals surface area contributed by atoms with Gasteiger partial charge in [0.2, 0.25) is 5.89 Å². The molecule has 0 radical (unpaired) electrons. The number of hydrogen-bond donors (Lipinski definition) is 1. The molecule has 1 aliphatic heterocycles. The second kappa shape index (κ2) is 5.92. The van der Waals surface area contributed by atoms with Gasteiger partial charge in [-0.15, -0.1) is 0 Å². The highest BCUT2D eigenvalue weighted by Crippen LogP contribution is 2.23. The number of likely N-dealkylation sites (tertiary alicyclic amines) is 1. The molecular weight excluding hydrogens is 282 g/mol. The first-order valence-electron chi connectivity index (χ1n) is 7.51. The minimum absolute atomic E-state index is 0.0589. The number of rotatable bonds is 3. The summed E-state index contributed by atoms with van der Waals surface area (Å²) in [5.74, 6) is 0.933. The molecule has 0 aliphatic carbocycles. The van der Waals surface area contributed by atoms with Crippen LogP contribution in [0.2, 0.25) is 0 Å². The van der Waals surface area contributed by atoms with Gasteiger partial charge in [0.25, 0.3) is 5.91 Å². The van der Waals surface area contributed by atoms with Crippen LogP contribution in [0.25, 0.3) is 11.5 Å². The fraction of sp³-hybridized carbons (Fsp3) is 0.533. The molecule has 0 saturated carbocycles. The average Bonchev–Trinajstić information content (AvgIpc) is 3.12. The largest absolute Gasteiger partial charge is 0.440 e. The van der Waals surface area contributed by atoms with Crippen molar-refractivity contribution in [1.82, 2.24) is 25.0 Å². The predicted octanol–water partition coefficient (Wildman–Crippen LogP) is 1.21. The van der Waals surface area contributed by atoms with E-state index in [2.05, 4.69) is 15.4 Å². The summed E-state index contributed by atoms with van der Waals surface area (Å²) in [6.45, 7) is 3.26. The van der Waals surface area contributed by atoms with Gasteiger partial charge in [-0.2, -0.15) is 5.10 Å². The number of aromatic nitrogens is 3. The first-order chi connectivity index (χ1) is 10.6. The summed E-state index contributed by atoms with van der Waals surface area (Å²) in [5.41, 5.74) is 1.17. The standard InChI is InChI=1S/C15H21N5O2/c1-10-13(15(21)20-6-4-5-12(9-20)16-2)18-14(22-10)11-7-17-19(3)8-11/h7-8,12,16H,4-6,9H2,1-3H3/t12-/m0/s1. The summed E-state index contributed by atoms with van der Waals surface area (Å²) < 4.78 is 7.33. The molecule has 2 aromatic heterocycles. The van der Waals surface area contributed by atoms with Crippen molar-refractivity contribution in [2.45, 2.75) is 25.8 Å². The van der Waals surface area contributed by atoms with Crippen LogP contribution in [-0.2, 0) is 7.05 Å². The average molecular weight is 303 g/mol. The molecule has 22 heavy (non-hydrogen) atoms. The highest BCUT2D eigenvalue weighted by atomic mass is 16.4. The first kappa shape index (κ1) is 14.8. The molecule has 0 bridgehead atoms. The number of oxazole rings is 1. The number of amides is 1. The fourth-order valence-electron chi connectivity index (χ4n) is 2.80. The molecule has 1 aliphatic rings. The number of likely N-dealkylation sites (N-methyl/N-ethyl adjacent to an activating group) is 1. The second-order valence-corrected chi connectivity index (χ2v) is 5.71. The van der Waals surface area contributed by atoms with E-state index < -0.39 is 0 Å². The number of piperidine rings is 1. The van der Waals surface area contributed by atoms with Gasteiger partial charge in [0.1, 0.15) is 5.76 Å². The molecule has 0 aromatic carbocycles. The van der Waals surface area contributed by atoms with Gasteiger partial charge in [-0.1, -0.05) is 0 Å². The Labute approximate surface area is 129 Å². The topological polar surface area (TPSA) is 76.2 Å². The van der Waals surface area contributed by atoms with E-state index in [4.69, 9.17) is 4.42 Å². The molecule has 0 unspecified atom stereocenters. The lowest BCUT2D eigenvalue weighted by molar-refractivity contribution is 0.0691. The van der Waals surface area contributed by atoms with E-state index in [0.29, 0.717) is 29.9 Å². The summed E-state index contributed by atoms with van der Waals surface area (Å²) >= 11 is 0. The van der Waals surface area contributed by atoms with Gasteiger partial charge < -0.3 is 14.6 Å². The van der Waals surface area contributed by atoms with Crippen molar-refractivity contribution >= 4 is 5.91 Å². The summed E-state index contributed by atoms with van der Waals surface area (Å²) in [4.78, 5) is 18.9. The molecule has 7 nitrogen and oxygen atoms in total. The Balaban J connectivity index is 1.82. The van der Waals surface area contributed by atoms with Crippen LogP contribution in [0, 0.1) is 6.92 Å². The minimum atomic E-state index is -0.0589. The Kier molecular flexibility index (Phi) is 3.98. The van der Waals surface area contributed by atoms with E-state index in [1.807, 2.05) is 25.2 Å². The van der Waals surface area contributed by atoms with Gasteiger partial charge in [0.05, 0.1) is 11.8 Å². The van der Waals surface area contributed by atoms with Crippen LogP contribution in [0.4, 0.5) is 0 Å². The van der Waals surface area contributed by atoms with E-state index >= 15 is 0 Å². The number of aryl methyl sites for hydroxylation is 2. The van der Waals surface area contributed by atoms with Gasteiger partial charge in [-0.3, -0.25) is 9.48 Å². The van der Waals surface area contributed by atoms with Crippen molar-refractivity contribution in [3.8, 4) is 11.5 Å². The summed E-state index contributed by atoms with van der Waals surface area (Å²) in [7, 11) is 3.76. The third-order valence-corrected chi connectivity index (χ3v) is 4.07. The highest BCUT2D eigenvalue weighted by Gasteiger charge is 2.27. The zero-order chi connectivity index (χ0) is 15.7. The van der Waals surface area contributed by atoms with Crippen LogP contribution in [0.3, 0.4) is 0 Å². The third-order valence-electron chi connectivity index (χ3n) is 4.07. The Morgan fingerprint density at radius 1 is 1.50 bits per heavy atom. The Morgan fingerprint density at radius 3 is 3.00 bits per heavy atom. The SMILES string of the molecule is CN[C@H]1CCCN(C(=O)c2nc(-c3cnn(C)c3)oc2C)C1. The maximum atomic E-state index is 12.7. The van der Waals surface area contributed by atoms with Gasteiger partial charge >= 0.3 is 0 Å². The normalized spacial score (nSPS) is 18.7. The number of carbonyl (C=O) groups is 1. The maximum Gasteiger partial charge on any atom is 0.276 e. The molecule has 3 heterocycles. The summed E-state index contributed by atoms with van der Waals surface area (Å²) in [5, 5.41) is 7.34. The van der Waals surface area contributed by atoms with Crippen LogP contribution in [0.1, 0.15) is 29.1 Å². The molecule has 118 valence electrons. The molecule has 1 N–H and O–H groups in total. The van der Waals surface area contributed by atoms with E-state index in [-0.39, 0.29) is 5.91 Å². The highest BCUT2D eigenvalue weighted by molar-refractivity contribution is 5.93. The molecule has 3 rings (SSSR count). The first-order valence-corrected chi connectivity index (χ1v) is 7.51. The molecule has 1 saturated heterocycles. The zero-order valence-corrected chi connectivity index (χ0v) is 13.2. The lowest BCUT2D eigenvalue weighted by Crippen LogP contribution is -2.47. The molecule has 7 heteroatoms. The van der Waals surface area contributed by atoms with Crippen LogP contribution < -0.4 is 5.32 Å². The molecular formula is C15H21N5O2. The molecule has 1 atom stereocenters. The monoisotopic (exact) mass is 303 g/mol.